The van der Waals surface area contributed by atoms with Gasteiger partial charge in [0.15, 0.2) is 0 Å². The Morgan fingerprint density at radius 3 is 2.61 bits per heavy atom. The highest BCUT2D eigenvalue weighted by molar-refractivity contribution is 9.10. The number of rotatable bonds is 6. The van der Waals surface area contributed by atoms with Crippen molar-refractivity contribution in [3.8, 4) is 0 Å². The highest BCUT2D eigenvalue weighted by atomic mass is 79.9. The molecule has 0 fully saturated rings. The predicted molar refractivity (Wildman–Crippen MR) is 79.9 cm³/mol. The van der Waals surface area contributed by atoms with Crippen molar-refractivity contribution >= 4 is 21.8 Å². The molecule has 0 aromatic heterocycles. The lowest BCUT2D eigenvalue weighted by molar-refractivity contribution is 0.0952. The maximum Gasteiger partial charge on any atom is 0.251 e. The van der Waals surface area contributed by atoms with Gasteiger partial charge in [0.05, 0.1) is 0 Å². The SMILES string of the molecule is Cc1cc(Br)cc(C(=O)NCCCCC(C)C)c1. The Kier molecular flexibility index (Phi) is 6.41. The van der Waals surface area contributed by atoms with Crippen LogP contribution in [-0.4, -0.2) is 12.5 Å². The van der Waals surface area contributed by atoms with Gasteiger partial charge < -0.3 is 5.32 Å². The van der Waals surface area contributed by atoms with E-state index in [-0.39, 0.29) is 5.91 Å². The summed E-state index contributed by atoms with van der Waals surface area (Å²) in [4.78, 5) is 11.9. The number of carbonyl (C=O) groups is 1. The zero-order valence-corrected chi connectivity index (χ0v) is 13.0. The summed E-state index contributed by atoms with van der Waals surface area (Å²) < 4.78 is 0.951. The lowest BCUT2D eigenvalue weighted by atomic mass is 10.1. The zero-order chi connectivity index (χ0) is 13.5. The van der Waals surface area contributed by atoms with Crippen molar-refractivity contribution in [2.75, 3.05) is 6.54 Å². The number of benzene rings is 1. The Morgan fingerprint density at radius 2 is 2.00 bits per heavy atom. The third-order valence-electron chi connectivity index (χ3n) is 2.80. The van der Waals surface area contributed by atoms with Crippen LogP contribution < -0.4 is 5.32 Å². The zero-order valence-electron chi connectivity index (χ0n) is 11.4. The Morgan fingerprint density at radius 1 is 1.28 bits per heavy atom. The molecule has 0 spiro atoms. The molecule has 1 N–H and O–H groups in total. The van der Waals surface area contributed by atoms with Gasteiger partial charge in [0, 0.05) is 16.6 Å². The quantitative estimate of drug-likeness (QED) is 0.779. The summed E-state index contributed by atoms with van der Waals surface area (Å²) >= 11 is 3.41. The van der Waals surface area contributed by atoms with Crippen LogP contribution in [0.4, 0.5) is 0 Å². The van der Waals surface area contributed by atoms with E-state index in [0.717, 1.165) is 34.5 Å². The van der Waals surface area contributed by atoms with Crippen LogP contribution in [-0.2, 0) is 0 Å². The molecule has 0 aliphatic rings. The second kappa shape index (κ2) is 7.57. The molecule has 0 saturated heterocycles. The average Bonchev–Trinajstić information content (AvgIpc) is 2.26. The minimum Gasteiger partial charge on any atom is -0.352 e. The molecular formula is C15H22BrNO. The lowest BCUT2D eigenvalue weighted by Gasteiger charge is -2.07. The molecule has 0 aliphatic carbocycles. The number of hydrogen-bond donors (Lipinski definition) is 1. The molecule has 0 saturated carbocycles. The normalized spacial score (nSPS) is 10.7. The van der Waals surface area contributed by atoms with Gasteiger partial charge in [0.2, 0.25) is 0 Å². The monoisotopic (exact) mass is 311 g/mol. The molecule has 0 heterocycles. The highest BCUT2D eigenvalue weighted by Crippen LogP contribution is 2.15. The summed E-state index contributed by atoms with van der Waals surface area (Å²) in [5.41, 5.74) is 1.82. The van der Waals surface area contributed by atoms with Crippen molar-refractivity contribution in [2.24, 2.45) is 5.92 Å². The molecule has 0 bridgehead atoms. The smallest absolute Gasteiger partial charge is 0.251 e. The van der Waals surface area contributed by atoms with Crippen molar-refractivity contribution in [3.63, 3.8) is 0 Å². The lowest BCUT2D eigenvalue weighted by Crippen LogP contribution is -2.24. The largest absolute Gasteiger partial charge is 0.352 e. The molecule has 1 rings (SSSR count). The third-order valence-corrected chi connectivity index (χ3v) is 3.26. The molecule has 0 unspecified atom stereocenters. The van der Waals surface area contributed by atoms with Crippen molar-refractivity contribution < 1.29 is 4.79 Å². The van der Waals surface area contributed by atoms with Crippen molar-refractivity contribution in [1.82, 2.24) is 5.32 Å². The topological polar surface area (TPSA) is 29.1 Å². The first-order valence-corrected chi connectivity index (χ1v) is 7.33. The fraction of sp³-hybridized carbons (Fsp3) is 0.533. The number of halogens is 1. The Hall–Kier alpha value is -0.830. The van der Waals surface area contributed by atoms with E-state index in [1.165, 1.54) is 12.8 Å². The highest BCUT2D eigenvalue weighted by Gasteiger charge is 2.06. The van der Waals surface area contributed by atoms with Gasteiger partial charge in [0.25, 0.3) is 5.91 Å². The van der Waals surface area contributed by atoms with Crippen molar-refractivity contribution in [2.45, 2.75) is 40.0 Å². The number of unbranched alkanes of at least 4 members (excludes halogenated alkanes) is 1. The van der Waals surface area contributed by atoms with E-state index in [1.807, 2.05) is 25.1 Å². The van der Waals surface area contributed by atoms with Crippen LogP contribution in [0.3, 0.4) is 0 Å². The van der Waals surface area contributed by atoms with Crippen LogP contribution >= 0.6 is 15.9 Å². The third kappa shape index (κ3) is 5.67. The van der Waals surface area contributed by atoms with E-state index in [9.17, 15) is 4.79 Å². The van der Waals surface area contributed by atoms with Crippen LogP contribution in [0.15, 0.2) is 22.7 Å². The Balaban J connectivity index is 2.36. The van der Waals surface area contributed by atoms with Crippen LogP contribution in [0.5, 0.6) is 0 Å². The molecule has 2 nitrogen and oxygen atoms in total. The van der Waals surface area contributed by atoms with Gasteiger partial charge in [-0.3, -0.25) is 4.79 Å². The van der Waals surface area contributed by atoms with E-state index in [1.54, 1.807) is 0 Å². The fourth-order valence-electron chi connectivity index (χ4n) is 1.85. The van der Waals surface area contributed by atoms with Gasteiger partial charge in [0.1, 0.15) is 0 Å². The van der Waals surface area contributed by atoms with E-state index in [2.05, 4.69) is 35.1 Å². The summed E-state index contributed by atoms with van der Waals surface area (Å²) in [7, 11) is 0. The number of amides is 1. The van der Waals surface area contributed by atoms with Gasteiger partial charge in [-0.1, -0.05) is 42.6 Å². The molecule has 0 atom stereocenters. The molecule has 1 aromatic carbocycles. The standard InChI is InChI=1S/C15H22BrNO/c1-11(2)6-4-5-7-17-15(18)13-8-12(3)9-14(16)10-13/h8-11H,4-7H2,1-3H3,(H,17,18). The van der Waals surface area contributed by atoms with E-state index in [4.69, 9.17) is 0 Å². The number of carbonyl (C=O) groups excluding carboxylic acids is 1. The number of nitrogens with one attached hydrogen (secondary N) is 1. The molecule has 0 radical (unpaired) electrons. The number of aryl methyl sites for hydroxylation is 1. The Labute approximate surface area is 118 Å². The van der Waals surface area contributed by atoms with Crippen molar-refractivity contribution in [1.29, 1.82) is 0 Å². The maximum atomic E-state index is 11.9. The number of hydrogen-bond acceptors (Lipinski definition) is 1. The summed E-state index contributed by atoms with van der Waals surface area (Å²) in [6.07, 6.45) is 3.46. The van der Waals surface area contributed by atoms with Gasteiger partial charge in [-0.15, -0.1) is 0 Å². The van der Waals surface area contributed by atoms with E-state index in [0.29, 0.717) is 0 Å². The van der Waals surface area contributed by atoms with Crippen LogP contribution in [0.1, 0.15) is 49.0 Å². The van der Waals surface area contributed by atoms with Crippen LogP contribution in [0, 0.1) is 12.8 Å². The maximum absolute atomic E-state index is 11.9. The van der Waals surface area contributed by atoms with Crippen LogP contribution in [0.2, 0.25) is 0 Å². The molecule has 18 heavy (non-hydrogen) atoms. The minimum atomic E-state index is 0.0175. The summed E-state index contributed by atoms with van der Waals surface area (Å²) in [6, 6.07) is 5.77. The molecule has 3 heteroatoms. The summed E-state index contributed by atoms with van der Waals surface area (Å²) in [6.45, 7) is 7.20. The molecular weight excluding hydrogens is 290 g/mol. The van der Waals surface area contributed by atoms with E-state index < -0.39 is 0 Å². The van der Waals surface area contributed by atoms with Gasteiger partial charge >= 0.3 is 0 Å². The van der Waals surface area contributed by atoms with Crippen molar-refractivity contribution in [3.05, 3.63) is 33.8 Å². The second-order valence-corrected chi connectivity index (χ2v) is 6.08. The first kappa shape index (κ1) is 15.2. The second-order valence-electron chi connectivity index (χ2n) is 5.16. The molecule has 1 amide bonds. The summed E-state index contributed by atoms with van der Waals surface area (Å²) in [5, 5.41) is 2.97. The average molecular weight is 312 g/mol. The molecule has 1 aromatic rings. The van der Waals surface area contributed by atoms with Gasteiger partial charge in [-0.2, -0.15) is 0 Å². The molecule has 100 valence electrons. The van der Waals surface area contributed by atoms with Gasteiger partial charge in [-0.25, -0.2) is 0 Å². The fourth-order valence-corrected chi connectivity index (χ4v) is 2.46. The summed E-state index contributed by atoms with van der Waals surface area (Å²) in [5.74, 6) is 0.761. The predicted octanol–water partition coefficient (Wildman–Crippen LogP) is 4.31. The minimum absolute atomic E-state index is 0.0175. The molecule has 0 aliphatic heterocycles. The van der Waals surface area contributed by atoms with Crippen LogP contribution in [0.25, 0.3) is 0 Å². The van der Waals surface area contributed by atoms with E-state index >= 15 is 0 Å². The van der Waals surface area contributed by atoms with Gasteiger partial charge in [-0.05, 0) is 43.0 Å². The Bertz CT molecular complexity index is 381. The first-order chi connectivity index (χ1) is 8.49. The first-order valence-electron chi connectivity index (χ1n) is 6.54.